The van der Waals surface area contributed by atoms with Crippen LogP contribution in [-0.4, -0.2) is 21.9 Å². The number of carbonyl (C=O) groups is 2. The average Bonchev–Trinajstić information content (AvgIpc) is 2.18. The number of aromatic carboxylic acids is 1. The lowest BCUT2D eigenvalue weighted by Gasteiger charge is -1.98. The molecular weight excluding hydrogens is 200 g/mol. The van der Waals surface area contributed by atoms with Gasteiger partial charge in [0.2, 0.25) is 5.12 Å². The lowest BCUT2D eigenvalue weighted by Crippen LogP contribution is -1.98. The van der Waals surface area contributed by atoms with E-state index in [1.54, 1.807) is 0 Å². The Bertz CT molecular complexity index is 343. The van der Waals surface area contributed by atoms with Gasteiger partial charge in [-0.3, -0.25) is 4.79 Å². The molecule has 1 aromatic carbocycles. The standard InChI is InChI=1S/C10H10O3S/c1-2-14-10(13)8-5-3-7(4-6-8)9(11)12/h3-6H,2H2,1H3,(H,11,12). The van der Waals surface area contributed by atoms with E-state index in [0.717, 1.165) is 5.75 Å². The van der Waals surface area contributed by atoms with Crippen molar-refractivity contribution in [2.24, 2.45) is 0 Å². The van der Waals surface area contributed by atoms with Crippen LogP contribution in [-0.2, 0) is 0 Å². The van der Waals surface area contributed by atoms with Crippen molar-refractivity contribution in [3.63, 3.8) is 0 Å². The summed E-state index contributed by atoms with van der Waals surface area (Å²) < 4.78 is 0. The largest absolute Gasteiger partial charge is 0.478 e. The third kappa shape index (κ3) is 2.60. The van der Waals surface area contributed by atoms with E-state index in [9.17, 15) is 9.59 Å². The zero-order valence-corrected chi connectivity index (χ0v) is 8.50. The van der Waals surface area contributed by atoms with Crippen LogP contribution in [0.4, 0.5) is 0 Å². The highest BCUT2D eigenvalue weighted by Gasteiger charge is 2.06. The molecule has 0 saturated heterocycles. The maximum Gasteiger partial charge on any atom is 0.335 e. The average molecular weight is 210 g/mol. The van der Waals surface area contributed by atoms with Crippen LogP contribution in [0.25, 0.3) is 0 Å². The molecule has 0 spiro atoms. The number of rotatable bonds is 3. The smallest absolute Gasteiger partial charge is 0.335 e. The summed E-state index contributed by atoms with van der Waals surface area (Å²) in [4.78, 5) is 21.9. The van der Waals surface area contributed by atoms with Crippen molar-refractivity contribution >= 4 is 22.8 Å². The SMILES string of the molecule is CCSC(=O)c1ccc(C(=O)O)cc1. The molecule has 0 aromatic heterocycles. The van der Waals surface area contributed by atoms with Crippen molar-refractivity contribution in [3.05, 3.63) is 35.4 Å². The van der Waals surface area contributed by atoms with E-state index in [0.29, 0.717) is 5.56 Å². The lowest BCUT2D eigenvalue weighted by molar-refractivity contribution is 0.0696. The molecule has 4 heteroatoms. The number of carboxylic acids is 1. The number of hydrogen-bond donors (Lipinski definition) is 1. The molecule has 0 aliphatic heterocycles. The summed E-state index contributed by atoms with van der Waals surface area (Å²) in [6, 6.07) is 5.94. The van der Waals surface area contributed by atoms with Crippen LogP contribution in [0, 0.1) is 0 Å². The van der Waals surface area contributed by atoms with E-state index < -0.39 is 5.97 Å². The molecule has 1 rings (SSSR count). The molecule has 0 heterocycles. The van der Waals surface area contributed by atoms with Gasteiger partial charge in [-0.1, -0.05) is 18.7 Å². The molecule has 0 fully saturated rings. The summed E-state index contributed by atoms with van der Waals surface area (Å²) in [6.45, 7) is 1.90. The van der Waals surface area contributed by atoms with Crippen molar-refractivity contribution in [3.8, 4) is 0 Å². The van der Waals surface area contributed by atoms with Gasteiger partial charge in [-0.15, -0.1) is 0 Å². The van der Waals surface area contributed by atoms with Gasteiger partial charge in [-0.25, -0.2) is 4.79 Å². The highest BCUT2D eigenvalue weighted by molar-refractivity contribution is 8.14. The van der Waals surface area contributed by atoms with E-state index in [2.05, 4.69) is 0 Å². The molecule has 74 valence electrons. The van der Waals surface area contributed by atoms with Crippen molar-refractivity contribution in [1.82, 2.24) is 0 Å². The zero-order valence-electron chi connectivity index (χ0n) is 7.69. The number of thioether (sulfide) groups is 1. The first kappa shape index (κ1) is 10.8. The molecule has 1 aromatic rings. The predicted molar refractivity (Wildman–Crippen MR) is 55.9 cm³/mol. The second kappa shape index (κ2) is 4.81. The third-order valence-electron chi connectivity index (χ3n) is 1.64. The Kier molecular flexibility index (Phi) is 3.71. The maximum absolute atomic E-state index is 11.3. The quantitative estimate of drug-likeness (QED) is 0.831. The maximum atomic E-state index is 11.3. The Hall–Kier alpha value is -1.29. The van der Waals surface area contributed by atoms with Crippen molar-refractivity contribution in [2.75, 3.05) is 5.75 Å². The van der Waals surface area contributed by atoms with Gasteiger partial charge in [-0.05, 0) is 30.0 Å². The Labute approximate surface area is 86.1 Å². The first-order valence-electron chi connectivity index (χ1n) is 4.15. The van der Waals surface area contributed by atoms with E-state index in [1.807, 2.05) is 6.92 Å². The Balaban J connectivity index is 2.83. The molecule has 3 nitrogen and oxygen atoms in total. The fourth-order valence-corrected chi connectivity index (χ4v) is 1.53. The van der Waals surface area contributed by atoms with Gasteiger partial charge in [0.1, 0.15) is 0 Å². The van der Waals surface area contributed by atoms with Crippen LogP contribution in [0.3, 0.4) is 0 Å². The summed E-state index contributed by atoms with van der Waals surface area (Å²) in [7, 11) is 0. The summed E-state index contributed by atoms with van der Waals surface area (Å²) in [6.07, 6.45) is 0. The molecule has 0 saturated carbocycles. The fourth-order valence-electron chi connectivity index (χ4n) is 0.963. The molecule has 0 amide bonds. The highest BCUT2D eigenvalue weighted by atomic mass is 32.2. The molecule has 0 unspecified atom stereocenters. The second-order valence-corrected chi connectivity index (χ2v) is 3.84. The van der Waals surface area contributed by atoms with E-state index in [1.165, 1.54) is 36.0 Å². The van der Waals surface area contributed by atoms with Gasteiger partial charge >= 0.3 is 5.97 Å². The van der Waals surface area contributed by atoms with Gasteiger partial charge in [-0.2, -0.15) is 0 Å². The summed E-state index contributed by atoms with van der Waals surface area (Å²) in [5.41, 5.74) is 0.741. The topological polar surface area (TPSA) is 54.4 Å². The Morgan fingerprint density at radius 2 is 1.71 bits per heavy atom. The predicted octanol–water partition coefficient (Wildman–Crippen LogP) is 2.28. The second-order valence-electron chi connectivity index (χ2n) is 2.60. The van der Waals surface area contributed by atoms with Gasteiger partial charge in [0.25, 0.3) is 0 Å². The monoisotopic (exact) mass is 210 g/mol. The third-order valence-corrected chi connectivity index (χ3v) is 2.43. The van der Waals surface area contributed by atoms with Crippen LogP contribution >= 0.6 is 11.8 Å². The molecule has 0 radical (unpaired) electrons. The molecular formula is C10H10O3S. The fraction of sp³-hybridized carbons (Fsp3) is 0.200. The minimum absolute atomic E-state index is 0.0237. The number of carbonyl (C=O) groups excluding carboxylic acids is 1. The minimum Gasteiger partial charge on any atom is -0.478 e. The first-order chi connectivity index (χ1) is 6.65. The minimum atomic E-state index is -0.979. The van der Waals surface area contributed by atoms with E-state index in [-0.39, 0.29) is 10.7 Å². The van der Waals surface area contributed by atoms with Crippen molar-refractivity contribution < 1.29 is 14.7 Å². The number of carboxylic acid groups (broad SMARTS) is 1. The van der Waals surface area contributed by atoms with Gasteiger partial charge in [0, 0.05) is 5.56 Å². The van der Waals surface area contributed by atoms with Gasteiger partial charge in [0.05, 0.1) is 5.56 Å². The normalized spacial score (nSPS) is 9.79. The summed E-state index contributed by atoms with van der Waals surface area (Å²) in [5, 5.41) is 8.60. The Morgan fingerprint density at radius 3 is 2.14 bits per heavy atom. The molecule has 0 aliphatic carbocycles. The number of benzene rings is 1. The van der Waals surface area contributed by atoms with Crippen LogP contribution in [0.5, 0.6) is 0 Å². The summed E-state index contributed by atoms with van der Waals surface area (Å²) >= 11 is 1.21. The zero-order chi connectivity index (χ0) is 10.6. The van der Waals surface area contributed by atoms with Gasteiger partial charge in [0.15, 0.2) is 0 Å². The van der Waals surface area contributed by atoms with E-state index >= 15 is 0 Å². The molecule has 0 bridgehead atoms. The summed E-state index contributed by atoms with van der Waals surface area (Å²) in [5.74, 6) is -0.258. The first-order valence-corrected chi connectivity index (χ1v) is 5.14. The van der Waals surface area contributed by atoms with Crippen LogP contribution in [0.2, 0.25) is 0 Å². The van der Waals surface area contributed by atoms with Crippen molar-refractivity contribution in [1.29, 1.82) is 0 Å². The van der Waals surface area contributed by atoms with Gasteiger partial charge < -0.3 is 5.11 Å². The van der Waals surface area contributed by atoms with E-state index in [4.69, 9.17) is 5.11 Å². The molecule has 1 N–H and O–H groups in total. The molecule has 14 heavy (non-hydrogen) atoms. The lowest BCUT2D eigenvalue weighted by atomic mass is 10.1. The van der Waals surface area contributed by atoms with Crippen LogP contribution < -0.4 is 0 Å². The van der Waals surface area contributed by atoms with Crippen LogP contribution in [0.15, 0.2) is 24.3 Å². The molecule has 0 aliphatic rings. The highest BCUT2D eigenvalue weighted by Crippen LogP contribution is 2.12. The molecule has 0 atom stereocenters. The van der Waals surface area contributed by atoms with Crippen LogP contribution in [0.1, 0.15) is 27.6 Å². The Morgan fingerprint density at radius 1 is 1.21 bits per heavy atom. The number of hydrogen-bond acceptors (Lipinski definition) is 3. The van der Waals surface area contributed by atoms with Crippen molar-refractivity contribution in [2.45, 2.75) is 6.92 Å².